The molecule has 0 radical (unpaired) electrons. The zero-order valence-electron chi connectivity index (χ0n) is 15.5. The lowest BCUT2D eigenvalue weighted by Gasteiger charge is -2.18. The quantitative estimate of drug-likeness (QED) is 0.564. The first kappa shape index (κ1) is 17.9. The molecule has 0 aliphatic carbocycles. The molecule has 0 saturated carbocycles. The van der Waals surface area contributed by atoms with Crippen molar-refractivity contribution in [1.82, 2.24) is 0 Å². The van der Waals surface area contributed by atoms with Crippen molar-refractivity contribution < 1.29 is 0 Å². The second-order valence-electron chi connectivity index (χ2n) is 7.08. The van der Waals surface area contributed by atoms with Gasteiger partial charge in [0.05, 0.1) is 5.69 Å². The average molecular weight is 313 g/mol. The number of nitrogens with zero attached hydrogens (tertiary/aromatic N) is 2. The van der Waals surface area contributed by atoms with Gasteiger partial charge in [-0.05, 0) is 68.6 Å². The molecular formula is C21H32N2. The van der Waals surface area contributed by atoms with E-state index in [1.807, 2.05) is 0 Å². The number of rotatable bonds is 6. The van der Waals surface area contributed by atoms with Gasteiger partial charge in [0.15, 0.2) is 0 Å². The van der Waals surface area contributed by atoms with Gasteiger partial charge in [-0.15, -0.1) is 0 Å². The minimum atomic E-state index is 0.607. The molecule has 0 fully saturated rings. The summed E-state index contributed by atoms with van der Waals surface area (Å²) in [7, 11) is 0. The van der Waals surface area contributed by atoms with Crippen LogP contribution in [0, 0.1) is 18.8 Å². The third-order valence-electron chi connectivity index (χ3n) is 5.03. The van der Waals surface area contributed by atoms with Gasteiger partial charge in [-0.2, -0.15) is 0 Å². The second kappa shape index (κ2) is 8.42. The lowest BCUT2D eigenvalue weighted by molar-refractivity contribution is 0.538. The summed E-state index contributed by atoms with van der Waals surface area (Å²) < 4.78 is 0. The van der Waals surface area contributed by atoms with Crippen molar-refractivity contribution in [2.45, 2.75) is 66.7 Å². The summed E-state index contributed by atoms with van der Waals surface area (Å²) >= 11 is 0. The molecule has 0 bridgehead atoms. The fraction of sp³-hybridized carbons (Fsp3) is 0.619. The Balaban J connectivity index is 2.27. The maximum atomic E-state index is 4.98. The Morgan fingerprint density at radius 3 is 2.74 bits per heavy atom. The molecule has 1 aliphatic heterocycles. The first-order valence-corrected chi connectivity index (χ1v) is 9.24. The van der Waals surface area contributed by atoms with Crippen molar-refractivity contribution in [2.75, 3.05) is 6.54 Å². The van der Waals surface area contributed by atoms with Gasteiger partial charge < -0.3 is 0 Å². The average Bonchev–Trinajstić information content (AvgIpc) is 2.55. The van der Waals surface area contributed by atoms with Crippen LogP contribution in [0.4, 0.5) is 5.69 Å². The van der Waals surface area contributed by atoms with E-state index in [-0.39, 0.29) is 0 Å². The van der Waals surface area contributed by atoms with Gasteiger partial charge in [0.1, 0.15) is 0 Å². The van der Waals surface area contributed by atoms with Crippen LogP contribution in [0.2, 0.25) is 0 Å². The summed E-state index contributed by atoms with van der Waals surface area (Å²) in [6, 6.07) is 6.65. The topological polar surface area (TPSA) is 24.7 Å². The van der Waals surface area contributed by atoms with Gasteiger partial charge >= 0.3 is 0 Å². The first-order chi connectivity index (χ1) is 11.0. The van der Waals surface area contributed by atoms with Gasteiger partial charge in [-0.25, -0.2) is 0 Å². The zero-order chi connectivity index (χ0) is 16.8. The number of hydrogen-bond acceptors (Lipinski definition) is 2. The minimum Gasteiger partial charge on any atom is -0.289 e. The molecule has 126 valence electrons. The summed E-state index contributed by atoms with van der Waals surface area (Å²) in [5.41, 5.74) is 6.17. The van der Waals surface area contributed by atoms with E-state index in [9.17, 15) is 0 Å². The smallest absolute Gasteiger partial charge is 0.0664 e. The van der Waals surface area contributed by atoms with E-state index in [4.69, 9.17) is 9.98 Å². The second-order valence-corrected chi connectivity index (χ2v) is 7.08. The Hall–Kier alpha value is -1.44. The van der Waals surface area contributed by atoms with Crippen LogP contribution in [0.25, 0.3) is 0 Å². The fourth-order valence-corrected chi connectivity index (χ4v) is 3.30. The van der Waals surface area contributed by atoms with Crippen molar-refractivity contribution in [3.05, 3.63) is 29.3 Å². The van der Waals surface area contributed by atoms with E-state index in [0.717, 1.165) is 24.6 Å². The van der Waals surface area contributed by atoms with E-state index >= 15 is 0 Å². The monoisotopic (exact) mass is 312 g/mol. The highest BCUT2D eigenvalue weighted by molar-refractivity contribution is 6.02. The lowest BCUT2D eigenvalue weighted by atomic mass is 9.94. The van der Waals surface area contributed by atoms with Gasteiger partial charge in [-0.3, -0.25) is 9.98 Å². The number of hydrogen-bond donors (Lipinski definition) is 0. The molecule has 2 nitrogen and oxygen atoms in total. The summed E-state index contributed by atoms with van der Waals surface area (Å²) in [5.74, 6) is 1.33. The highest BCUT2D eigenvalue weighted by Gasteiger charge is 2.14. The third-order valence-corrected chi connectivity index (χ3v) is 5.03. The summed E-state index contributed by atoms with van der Waals surface area (Å²) in [6.07, 6.45) is 5.97. The fourth-order valence-electron chi connectivity index (χ4n) is 3.30. The predicted molar refractivity (Wildman–Crippen MR) is 102 cm³/mol. The molecule has 1 aromatic rings. The molecule has 1 heterocycles. The van der Waals surface area contributed by atoms with E-state index in [0.29, 0.717) is 5.92 Å². The Labute approximate surface area is 142 Å². The van der Waals surface area contributed by atoms with Gasteiger partial charge in [-0.1, -0.05) is 39.3 Å². The van der Waals surface area contributed by atoms with E-state index in [1.54, 1.807) is 0 Å². The predicted octanol–water partition coefficient (Wildman–Crippen LogP) is 6.13. The van der Waals surface area contributed by atoms with E-state index < -0.39 is 0 Å². The van der Waals surface area contributed by atoms with Crippen LogP contribution in [-0.2, 0) is 0 Å². The molecule has 23 heavy (non-hydrogen) atoms. The van der Waals surface area contributed by atoms with Crippen LogP contribution in [0.1, 0.15) is 70.9 Å². The molecule has 2 unspecified atom stereocenters. The number of aliphatic imine (C=N–C) groups is 2. The van der Waals surface area contributed by atoms with Crippen LogP contribution in [0.15, 0.2) is 28.2 Å². The van der Waals surface area contributed by atoms with Gasteiger partial charge in [0, 0.05) is 18.0 Å². The zero-order valence-corrected chi connectivity index (χ0v) is 15.5. The summed E-state index contributed by atoms with van der Waals surface area (Å²) in [4.78, 5) is 9.76. The van der Waals surface area contributed by atoms with Crippen molar-refractivity contribution in [2.24, 2.45) is 21.8 Å². The normalized spacial score (nSPS) is 20.3. The van der Waals surface area contributed by atoms with Crippen molar-refractivity contribution in [1.29, 1.82) is 0 Å². The van der Waals surface area contributed by atoms with Crippen LogP contribution >= 0.6 is 0 Å². The van der Waals surface area contributed by atoms with Crippen molar-refractivity contribution >= 4 is 17.1 Å². The molecular weight excluding hydrogens is 280 g/mol. The summed E-state index contributed by atoms with van der Waals surface area (Å²) in [5, 5.41) is 0. The molecule has 2 rings (SSSR count). The highest BCUT2D eigenvalue weighted by Crippen LogP contribution is 2.26. The molecule has 2 heteroatoms. The molecule has 0 N–H and O–H groups in total. The molecule has 2 atom stereocenters. The Morgan fingerprint density at radius 1 is 1.35 bits per heavy atom. The largest absolute Gasteiger partial charge is 0.289 e. The lowest BCUT2D eigenvalue weighted by Crippen LogP contribution is -2.14. The van der Waals surface area contributed by atoms with E-state index in [2.05, 4.69) is 52.8 Å². The molecule has 0 amide bonds. The standard InChI is InChI=1S/C21H32N2/c1-6-8-18(7-2)17(5)23-21-13-19(11-10-16(21)4)20-12-9-15(3)14-22-20/h10-11,13,15,18H,6-9,12,14H2,1-5H3. The van der Waals surface area contributed by atoms with Crippen LogP contribution in [-0.4, -0.2) is 18.0 Å². The third kappa shape index (κ3) is 4.76. The Kier molecular flexibility index (Phi) is 6.56. The number of benzene rings is 1. The van der Waals surface area contributed by atoms with Gasteiger partial charge in [0.2, 0.25) is 0 Å². The molecule has 0 aromatic heterocycles. The van der Waals surface area contributed by atoms with Crippen LogP contribution in [0.3, 0.4) is 0 Å². The van der Waals surface area contributed by atoms with Crippen LogP contribution in [0.5, 0.6) is 0 Å². The first-order valence-electron chi connectivity index (χ1n) is 9.24. The molecule has 0 spiro atoms. The molecule has 1 aliphatic rings. The minimum absolute atomic E-state index is 0.607. The van der Waals surface area contributed by atoms with Crippen LogP contribution < -0.4 is 0 Å². The van der Waals surface area contributed by atoms with Crippen molar-refractivity contribution in [3.63, 3.8) is 0 Å². The maximum absolute atomic E-state index is 4.98. The molecule has 0 saturated heterocycles. The SMILES string of the molecule is CCCC(CC)C(C)=Nc1cc(C2=NCC(C)CC2)ccc1C. The highest BCUT2D eigenvalue weighted by atomic mass is 14.8. The Bertz CT molecular complexity index is 584. The maximum Gasteiger partial charge on any atom is 0.0664 e. The number of aryl methyl sites for hydroxylation is 1. The molecule has 1 aromatic carbocycles. The van der Waals surface area contributed by atoms with Gasteiger partial charge in [0.25, 0.3) is 0 Å². The Morgan fingerprint density at radius 2 is 2.13 bits per heavy atom. The van der Waals surface area contributed by atoms with Crippen molar-refractivity contribution in [3.8, 4) is 0 Å². The van der Waals surface area contributed by atoms with E-state index in [1.165, 1.54) is 48.2 Å². The summed E-state index contributed by atoms with van der Waals surface area (Å²) in [6.45, 7) is 12.1.